The van der Waals surface area contributed by atoms with E-state index in [9.17, 15) is 4.79 Å². The van der Waals surface area contributed by atoms with E-state index in [2.05, 4.69) is 25.5 Å². The largest absolute Gasteiger partial charge is 0.457 e. The molecule has 0 atom stereocenters. The van der Waals surface area contributed by atoms with Gasteiger partial charge in [0.15, 0.2) is 5.82 Å². The van der Waals surface area contributed by atoms with E-state index >= 15 is 0 Å². The zero-order chi connectivity index (χ0) is 18.5. The first-order chi connectivity index (χ1) is 13.3. The normalized spacial score (nSPS) is 10.4. The number of hydrogen-bond acceptors (Lipinski definition) is 5. The molecular formula is C20H15N5O2. The Morgan fingerprint density at radius 3 is 2.56 bits per heavy atom. The Labute approximate surface area is 155 Å². The molecule has 0 aliphatic rings. The van der Waals surface area contributed by atoms with Crippen molar-refractivity contribution in [2.24, 2.45) is 0 Å². The molecule has 132 valence electrons. The van der Waals surface area contributed by atoms with E-state index < -0.39 is 0 Å². The number of pyridine rings is 1. The summed E-state index contributed by atoms with van der Waals surface area (Å²) < 4.78 is 5.76. The van der Waals surface area contributed by atoms with Crippen molar-refractivity contribution >= 4 is 11.9 Å². The summed E-state index contributed by atoms with van der Waals surface area (Å²) in [7, 11) is 0. The molecule has 0 saturated carbocycles. The summed E-state index contributed by atoms with van der Waals surface area (Å²) in [5.74, 6) is 1.59. The van der Waals surface area contributed by atoms with E-state index in [-0.39, 0.29) is 11.9 Å². The number of nitrogens with one attached hydrogen (secondary N) is 2. The fourth-order valence-electron chi connectivity index (χ4n) is 2.43. The summed E-state index contributed by atoms with van der Waals surface area (Å²) in [6.45, 7) is 0. The molecule has 2 aromatic heterocycles. The Balaban J connectivity index is 1.47. The quantitative estimate of drug-likeness (QED) is 0.565. The summed E-state index contributed by atoms with van der Waals surface area (Å²) in [6.07, 6.45) is 1.66. The van der Waals surface area contributed by atoms with Crippen molar-refractivity contribution in [2.75, 3.05) is 5.32 Å². The maximum absolute atomic E-state index is 12.5. The van der Waals surface area contributed by atoms with Gasteiger partial charge >= 0.3 is 0 Å². The molecule has 0 radical (unpaired) electrons. The van der Waals surface area contributed by atoms with E-state index in [4.69, 9.17) is 4.74 Å². The zero-order valence-electron chi connectivity index (χ0n) is 14.2. The molecule has 4 aromatic rings. The first-order valence-corrected chi connectivity index (χ1v) is 8.26. The van der Waals surface area contributed by atoms with Crippen LogP contribution in [0.15, 0.2) is 79.0 Å². The molecule has 0 saturated heterocycles. The highest BCUT2D eigenvalue weighted by molar-refractivity contribution is 6.03. The molecule has 2 aromatic carbocycles. The van der Waals surface area contributed by atoms with Crippen LogP contribution in [0.1, 0.15) is 10.4 Å². The number of para-hydroxylation sites is 1. The third kappa shape index (κ3) is 3.98. The lowest BCUT2D eigenvalue weighted by atomic mass is 10.2. The van der Waals surface area contributed by atoms with Crippen molar-refractivity contribution in [3.05, 3.63) is 84.6 Å². The number of H-pyrrole nitrogens is 1. The van der Waals surface area contributed by atoms with Crippen LogP contribution in [0.3, 0.4) is 0 Å². The third-order valence-electron chi connectivity index (χ3n) is 3.69. The lowest BCUT2D eigenvalue weighted by Crippen LogP contribution is -2.13. The lowest BCUT2D eigenvalue weighted by Gasteiger charge is -2.07. The van der Waals surface area contributed by atoms with Crippen LogP contribution in [0.25, 0.3) is 11.5 Å². The number of anilines is 1. The molecule has 0 bridgehead atoms. The molecule has 27 heavy (non-hydrogen) atoms. The Kier molecular flexibility index (Phi) is 4.57. The van der Waals surface area contributed by atoms with E-state index in [1.54, 1.807) is 36.5 Å². The standard InChI is InChI=1S/C20H15N5O2/c26-19(23-20-22-18(24-25-20)17-11-4-5-12-21-17)14-7-6-10-16(13-14)27-15-8-2-1-3-9-15/h1-13H,(H2,22,23,24,25,26). The van der Waals surface area contributed by atoms with Crippen molar-refractivity contribution in [1.82, 2.24) is 20.2 Å². The molecule has 0 aliphatic heterocycles. The SMILES string of the molecule is O=C(Nc1n[nH]c(-c2ccccn2)n1)c1cccc(Oc2ccccc2)c1. The highest BCUT2D eigenvalue weighted by Crippen LogP contribution is 2.22. The van der Waals surface area contributed by atoms with Crippen molar-refractivity contribution < 1.29 is 9.53 Å². The highest BCUT2D eigenvalue weighted by Gasteiger charge is 2.12. The number of rotatable bonds is 5. The minimum atomic E-state index is -0.333. The predicted molar refractivity (Wildman–Crippen MR) is 101 cm³/mol. The second-order valence-corrected chi connectivity index (χ2v) is 5.62. The van der Waals surface area contributed by atoms with Crippen LogP contribution in [0.5, 0.6) is 11.5 Å². The molecule has 0 fully saturated rings. The Morgan fingerprint density at radius 1 is 0.926 bits per heavy atom. The fourth-order valence-corrected chi connectivity index (χ4v) is 2.43. The van der Waals surface area contributed by atoms with E-state index in [1.807, 2.05) is 42.5 Å². The van der Waals surface area contributed by atoms with E-state index in [0.29, 0.717) is 28.6 Å². The maximum Gasteiger partial charge on any atom is 0.258 e. The van der Waals surface area contributed by atoms with Gasteiger partial charge in [0.25, 0.3) is 5.91 Å². The van der Waals surface area contributed by atoms with Crippen molar-refractivity contribution in [3.8, 4) is 23.0 Å². The molecule has 2 heterocycles. The number of aromatic nitrogens is 4. The second-order valence-electron chi connectivity index (χ2n) is 5.62. The van der Waals surface area contributed by atoms with Gasteiger partial charge in [-0.15, -0.1) is 5.10 Å². The van der Waals surface area contributed by atoms with Crippen LogP contribution in [0.4, 0.5) is 5.95 Å². The van der Waals surface area contributed by atoms with Crippen LogP contribution >= 0.6 is 0 Å². The molecule has 0 spiro atoms. The third-order valence-corrected chi connectivity index (χ3v) is 3.69. The highest BCUT2D eigenvalue weighted by atomic mass is 16.5. The van der Waals surface area contributed by atoms with Crippen LogP contribution in [0.2, 0.25) is 0 Å². The lowest BCUT2D eigenvalue weighted by molar-refractivity contribution is 0.102. The Bertz CT molecular complexity index is 1050. The Hall–Kier alpha value is -4.00. The maximum atomic E-state index is 12.5. The average Bonchev–Trinajstić information content (AvgIpc) is 3.18. The van der Waals surface area contributed by atoms with Gasteiger partial charge in [0, 0.05) is 11.8 Å². The summed E-state index contributed by atoms with van der Waals surface area (Å²) >= 11 is 0. The first-order valence-electron chi connectivity index (χ1n) is 8.26. The van der Waals surface area contributed by atoms with Gasteiger partial charge in [-0.3, -0.25) is 20.2 Å². The summed E-state index contributed by atoms with van der Waals surface area (Å²) in [4.78, 5) is 20.9. The summed E-state index contributed by atoms with van der Waals surface area (Å²) in [6, 6.07) is 21.7. The van der Waals surface area contributed by atoms with Crippen LogP contribution in [-0.4, -0.2) is 26.1 Å². The smallest absolute Gasteiger partial charge is 0.258 e. The van der Waals surface area contributed by atoms with E-state index in [0.717, 1.165) is 0 Å². The molecule has 4 rings (SSSR count). The van der Waals surface area contributed by atoms with E-state index in [1.165, 1.54) is 0 Å². The van der Waals surface area contributed by atoms with Gasteiger partial charge in [-0.25, -0.2) is 0 Å². The monoisotopic (exact) mass is 357 g/mol. The summed E-state index contributed by atoms with van der Waals surface area (Å²) in [5.41, 5.74) is 1.08. The topological polar surface area (TPSA) is 92.8 Å². The molecular weight excluding hydrogens is 342 g/mol. The van der Waals surface area contributed by atoms with Gasteiger partial charge in [0.05, 0.1) is 0 Å². The molecule has 1 amide bonds. The fraction of sp³-hybridized carbons (Fsp3) is 0. The molecule has 2 N–H and O–H groups in total. The molecule has 7 nitrogen and oxygen atoms in total. The van der Waals surface area contributed by atoms with Crippen LogP contribution < -0.4 is 10.1 Å². The summed E-state index contributed by atoms with van der Waals surface area (Å²) in [5, 5.41) is 9.43. The molecule has 0 unspecified atom stereocenters. The number of hydrogen-bond donors (Lipinski definition) is 2. The van der Waals surface area contributed by atoms with Crippen molar-refractivity contribution in [3.63, 3.8) is 0 Å². The van der Waals surface area contributed by atoms with Gasteiger partial charge in [0.1, 0.15) is 17.2 Å². The number of carbonyl (C=O) groups excluding carboxylic acids is 1. The van der Waals surface area contributed by atoms with Crippen molar-refractivity contribution in [1.29, 1.82) is 0 Å². The zero-order valence-corrected chi connectivity index (χ0v) is 14.2. The number of carbonyl (C=O) groups is 1. The number of benzene rings is 2. The van der Waals surface area contributed by atoms with Gasteiger partial charge in [-0.2, -0.15) is 4.98 Å². The van der Waals surface area contributed by atoms with Gasteiger partial charge in [0.2, 0.25) is 5.95 Å². The van der Waals surface area contributed by atoms with Crippen LogP contribution in [-0.2, 0) is 0 Å². The number of amides is 1. The minimum Gasteiger partial charge on any atom is -0.457 e. The van der Waals surface area contributed by atoms with Gasteiger partial charge in [-0.1, -0.05) is 30.3 Å². The number of nitrogens with zero attached hydrogens (tertiary/aromatic N) is 3. The van der Waals surface area contributed by atoms with Crippen molar-refractivity contribution in [2.45, 2.75) is 0 Å². The Morgan fingerprint density at radius 2 is 1.74 bits per heavy atom. The number of aromatic amines is 1. The minimum absolute atomic E-state index is 0.176. The average molecular weight is 357 g/mol. The molecule has 7 heteroatoms. The predicted octanol–water partition coefficient (Wildman–Crippen LogP) is 3.91. The number of ether oxygens (including phenoxy) is 1. The van der Waals surface area contributed by atoms with Crippen LogP contribution in [0, 0.1) is 0 Å². The first kappa shape index (κ1) is 16.5. The van der Waals surface area contributed by atoms with Gasteiger partial charge < -0.3 is 4.74 Å². The molecule has 0 aliphatic carbocycles. The van der Waals surface area contributed by atoms with Gasteiger partial charge in [-0.05, 0) is 42.5 Å². The second kappa shape index (κ2) is 7.49.